The molecule has 0 saturated carbocycles. The van der Waals surface area contributed by atoms with Gasteiger partial charge in [0, 0.05) is 30.5 Å². The third-order valence-corrected chi connectivity index (χ3v) is 16.0. The van der Waals surface area contributed by atoms with Crippen molar-refractivity contribution in [3.63, 3.8) is 0 Å². The Balaban J connectivity index is 0.000000193. The number of nitrogens with zero attached hydrogens (tertiary/aromatic N) is 2. The van der Waals surface area contributed by atoms with Crippen LogP contribution < -0.4 is 15.9 Å². The summed E-state index contributed by atoms with van der Waals surface area (Å²) in [6.45, 7) is 9.06. The summed E-state index contributed by atoms with van der Waals surface area (Å²) in [5.41, 5.74) is 8.05. The van der Waals surface area contributed by atoms with Gasteiger partial charge in [-0.2, -0.15) is 8.75 Å². The van der Waals surface area contributed by atoms with Crippen molar-refractivity contribution in [2.45, 2.75) is 97.3 Å². The van der Waals surface area contributed by atoms with E-state index in [0.717, 1.165) is 11.0 Å². The van der Waals surface area contributed by atoms with Gasteiger partial charge in [-0.15, -0.1) is 22.7 Å². The molecule has 0 fully saturated rings. The molecule has 0 N–H and O–H groups in total. The molecule has 1 aliphatic carbocycles. The van der Waals surface area contributed by atoms with Gasteiger partial charge in [-0.1, -0.05) is 168 Å². The molecule has 272 valence electrons. The van der Waals surface area contributed by atoms with Gasteiger partial charge in [0.1, 0.15) is 11.0 Å². The normalized spacial score (nSPS) is 12.8. The first-order valence-corrected chi connectivity index (χ1v) is 23.2. The summed E-state index contributed by atoms with van der Waals surface area (Å²) >= 11 is 5.34. The van der Waals surface area contributed by atoms with E-state index in [1.54, 1.807) is 16.0 Å². The zero-order chi connectivity index (χ0) is 36.6. The highest BCUT2D eigenvalue weighted by Gasteiger charge is 2.45. The number of benzene rings is 4. The number of unbranched alkanes of at least 4 members (excludes halogenated alkanes) is 6. The molecule has 7 aromatic rings. The molecule has 4 aromatic carbocycles. The molecule has 0 atom stereocenters. The lowest BCUT2D eigenvalue weighted by Crippen LogP contribution is -2.25. The smallest absolute Gasteiger partial charge is 0.113 e. The molecule has 0 spiro atoms. The molecular formula is C47H51N2PS3. The highest BCUT2D eigenvalue weighted by molar-refractivity contribution is 7.79. The average Bonchev–Trinajstić information content (AvgIpc) is 3.99. The predicted molar refractivity (Wildman–Crippen MR) is 237 cm³/mol. The second kappa shape index (κ2) is 17.8. The molecule has 0 aliphatic heterocycles. The Labute approximate surface area is 330 Å². The number of hydrogen-bond donors (Lipinski definition) is 0. The molecule has 3 aromatic heterocycles. The molecule has 8 rings (SSSR count). The number of fused-ring (bicyclic) bond motifs is 4. The van der Waals surface area contributed by atoms with Crippen LogP contribution in [0.15, 0.2) is 115 Å². The van der Waals surface area contributed by atoms with E-state index in [4.69, 9.17) is 4.37 Å². The summed E-state index contributed by atoms with van der Waals surface area (Å²) in [7, 11) is -0.446. The topological polar surface area (TPSA) is 25.8 Å². The maximum Gasteiger partial charge on any atom is 0.113 e. The fourth-order valence-corrected chi connectivity index (χ4v) is 13.4. The number of thiophene rings is 2. The van der Waals surface area contributed by atoms with Crippen LogP contribution in [0.3, 0.4) is 0 Å². The summed E-state index contributed by atoms with van der Waals surface area (Å²) in [5, 5.41) is 4.19. The minimum Gasteiger partial charge on any atom is -0.173 e. The number of aryl methyl sites for hydroxylation is 2. The van der Waals surface area contributed by atoms with Gasteiger partial charge in [0.05, 0.1) is 11.7 Å². The standard InChI is InChI=1S/C29H36N2S3.C18H15P/c1-5-7-9-11-15-29(16-12-10-8-6-2)22-17-20(4)32-27(22)28-23(29)18-24(33-28)21-14-13-19(3)25-26(21)31-34-30-25;1-4-10-16(11-5-1)19(17-12-6-2-7-13-17)18-14-8-3-9-15-18/h13-14,17-18H,5-12,15-16H2,1-4H3;1-15H. The summed E-state index contributed by atoms with van der Waals surface area (Å²) in [5.74, 6) is 0. The molecule has 0 radical (unpaired) electrons. The Morgan fingerprint density at radius 3 is 1.60 bits per heavy atom. The van der Waals surface area contributed by atoms with E-state index in [0.29, 0.717) is 0 Å². The molecule has 0 unspecified atom stereocenters. The summed E-state index contributed by atoms with van der Waals surface area (Å²) < 4.78 is 9.29. The third kappa shape index (κ3) is 8.15. The molecule has 2 nitrogen and oxygen atoms in total. The minimum atomic E-state index is -0.446. The molecule has 53 heavy (non-hydrogen) atoms. The molecular weight excluding hydrogens is 720 g/mol. The van der Waals surface area contributed by atoms with E-state index >= 15 is 0 Å². The van der Waals surface area contributed by atoms with E-state index in [1.807, 2.05) is 22.7 Å². The van der Waals surface area contributed by atoms with Crippen molar-refractivity contribution in [2.75, 3.05) is 0 Å². The summed E-state index contributed by atoms with van der Waals surface area (Å²) in [6.07, 6.45) is 13.2. The van der Waals surface area contributed by atoms with Gasteiger partial charge in [0.2, 0.25) is 0 Å². The van der Waals surface area contributed by atoms with Gasteiger partial charge in [-0.3, -0.25) is 0 Å². The lowest BCUT2D eigenvalue weighted by Gasteiger charge is -2.31. The van der Waals surface area contributed by atoms with Crippen LogP contribution in [0.4, 0.5) is 0 Å². The number of hydrogen-bond acceptors (Lipinski definition) is 5. The first kappa shape index (κ1) is 37.8. The van der Waals surface area contributed by atoms with Crippen LogP contribution in [0.25, 0.3) is 31.2 Å². The molecule has 3 heterocycles. The van der Waals surface area contributed by atoms with E-state index in [-0.39, 0.29) is 5.41 Å². The highest BCUT2D eigenvalue weighted by atomic mass is 32.1. The average molecular weight is 771 g/mol. The largest absolute Gasteiger partial charge is 0.173 e. The second-order valence-electron chi connectivity index (χ2n) is 14.4. The van der Waals surface area contributed by atoms with Crippen molar-refractivity contribution in [3.8, 4) is 20.2 Å². The Hall–Kier alpha value is -3.47. The number of rotatable bonds is 14. The highest BCUT2D eigenvalue weighted by Crippen LogP contribution is 2.60. The first-order valence-electron chi connectivity index (χ1n) is 19.5. The fourth-order valence-electron chi connectivity index (χ4n) is 7.97. The van der Waals surface area contributed by atoms with Gasteiger partial charge >= 0.3 is 0 Å². The summed E-state index contributed by atoms with van der Waals surface area (Å²) in [4.78, 5) is 5.91. The predicted octanol–water partition coefficient (Wildman–Crippen LogP) is 13.8. The zero-order valence-corrected chi connectivity index (χ0v) is 35.0. The van der Waals surface area contributed by atoms with Gasteiger partial charge in [-0.05, 0) is 79.3 Å². The number of aromatic nitrogens is 2. The van der Waals surface area contributed by atoms with E-state index in [9.17, 15) is 0 Å². The van der Waals surface area contributed by atoms with Crippen LogP contribution in [0.2, 0.25) is 0 Å². The first-order chi connectivity index (χ1) is 26.0. The van der Waals surface area contributed by atoms with Crippen molar-refractivity contribution >= 4 is 69.3 Å². The van der Waals surface area contributed by atoms with Crippen LogP contribution in [-0.2, 0) is 5.41 Å². The van der Waals surface area contributed by atoms with Crippen molar-refractivity contribution < 1.29 is 0 Å². The monoisotopic (exact) mass is 770 g/mol. The maximum absolute atomic E-state index is 4.70. The Morgan fingerprint density at radius 2 is 1.06 bits per heavy atom. The molecule has 0 bridgehead atoms. The van der Waals surface area contributed by atoms with Crippen LogP contribution in [0, 0.1) is 13.8 Å². The lowest BCUT2D eigenvalue weighted by atomic mass is 9.71. The van der Waals surface area contributed by atoms with Gasteiger partial charge in [-0.25, -0.2) is 0 Å². The lowest BCUT2D eigenvalue weighted by molar-refractivity contribution is 0.402. The fraction of sp³-hybridized carbons (Fsp3) is 0.319. The maximum atomic E-state index is 4.70. The Morgan fingerprint density at radius 1 is 0.547 bits per heavy atom. The molecule has 6 heteroatoms. The van der Waals surface area contributed by atoms with Crippen molar-refractivity contribution in [1.82, 2.24) is 8.75 Å². The van der Waals surface area contributed by atoms with Gasteiger partial charge in [0.25, 0.3) is 0 Å². The Kier molecular flexibility index (Phi) is 12.7. The van der Waals surface area contributed by atoms with Gasteiger partial charge in [0.15, 0.2) is 0 Å². The zero-order valence-electron chi connectivity index (χ0n) is 31.6. The molecule has 0 amide bonds. The Bertz CT molecular complexity index is 2090. The van der Waals surface area contributed by atoms with E-state index in [1.165, 1.54) is 118 Å². The third-order valence-electron chi connectivity index (χ3n) is 10.7. The van der Waals surface area contributed by atoms with Crippen molar-refractivity contribution in [3.05, 3.63) is 137 Å². The van der Waals surface area contributed by atoms with Gasteiger partial charge < -0.3 is 0 Å². The summed E-state index contributed by atoms with van der Waals surface area (Å²) in [6, 6.07) is 41.9. The van der Waals surface area contributed by atoms with Crippen molar-refractivity contribution in [1.29, 1.82) is 0 Å². The SMILES string of the molecule is CCCCCCC1(CCCCCC)c2cc(C)sc2-c2sc(-c3ccc(C)c4nsnc34)cc21.c1ccc(P(c2ccccc2)c2ccccc2)cc1. The second-order valence-corrected chi connectivity index (χ2v) is 19.4. The molecule has 0 saturated heterocycles. The molecule has 1 aliphatic rings. The van der Waals surface area contributed by atoms with Crippen LogP contribution >= 0.6 is 42.3 Å². The van der Waals surface area contributed by atoms with Crippen molar-refractivity contribution in [2.24, 2.45) is 0 Å². The van der Waals surface area contributed by atoms with Crippen LogP contribution in [0.1, 0.15) is 99.6 Å². The van der Waals surface area contributed by atoms with Crippen LogP contribution in [0.5, 0.6) is 0 Å². The van der Waals surface area contributed by atoms with E-state index < -0.39 is 7.92 Å². The minimum absolute atomic E-state index is 0.190. The van der Waals surface area contributed by atoms with Crippen LogP contribution in [-0.4, -0.2) is 8.75 Å². The quantitative estimate of drug-likeness (QED) is 0.0813. The van der Waals surface area contributed by atoms with E-state index in [2.05, 4.69) is 147 Å².